The van der Waals surface area contributed by atoms with Crippen molar-refractivity contribution in [3.63, 3.8) is 0 Å². The number of rotatable bonds is 3. The Morgan fingerprint density at radius 2 is 1.59 bits per heavy atom. The van der Waals surface area contributed by atoms with Crippen molar-refractivity contribution in [1.29, 1.82) is 0 Å². The van der Waals surface area contributed by atoms with Crippen molar-refractivity contribution in [1.82, 2.24) is 10.1 Å². The van der Waals surface area contributed by atoms with Crippen molar-refractivity contribution in [2.45, 2.75) is 6.54 Å². The molecule has 0 aliphatic carbocycles. The fourth-order valence-corrected chi connectivity index (χ4v) is 4.24. The van der Waals surface area contributed by atoms with Crippen LogP contribution in [-0.2, 0) is 6.54 Å². The molecule has 1 saturated heterocycles. The van der Waals surface area contributed by atoms with Crippen LogP contribution >= 0.6 is 23.2 Å². The molecular weight excluding hydrogens is 441 g/mol. The normalized spacial score (nSPS) is 14.4. The second kappa shape index (κ2) is 9.26. The average molecular weight is 462 g/mol. The summed E-state index contributed by atoms with van der Waals surface area (Å²) in [6.45, 7) is 4.69. The third-order valence-electron chi connectivity index (χ3n) is 5.63. The highest BCUT2D eigenvalue weighted by Crippen LogP contribution is 2.27. The van der Waals surface area contributed by atoms with E-state index >= 15 is 0 Å². The number of aromatic nitrogens is 1. The topological polar surface area (TPSA) is 32.5 Å². The van der Waals surface area contributed by atoms with Crippen molar-refractivity contribution in [3.05, 3.63) is 93.5 Å². The minimum absolute atomic E-state index is 0.518. The molecule has 5 rings (SSSR count). The molecule has 4 aromatic rings. The van der Waals surface area contributed by atoms with Gasteiger partial charge < -0.3 is 9.42 Å². The molecule has 0 amide bonds. The Kier molecular flexibility index (Phi) is 6.05. The van der Waals surface area contributed by atoms with Crippen LogP contribution in [0.1, 0.15) is 16.7 Å². The van der Waals surface area contributed by atoms with Crippen molar-refractivity contribution >= 4 is 40.0 Å². The third-order valence-corrected chi connectivity index (χ3v) is 6.37. The molecule has 0 N–H and O–H groups in total. The van der Waals surface area contributed by atoms with E-state index in [-0.39, 0.29) is 0 Å². The van der Waals surface area contributed by atoms with Crippen molar-refractivity contribution < 1.29 is 4.52 Å². The Morgan fingerprint density at radius 1 is 0.812 bits per heavy atom. The van der Waals surface area contributed by atoms with Crippen molar-refractivity contribution in [2.75, 3.05) is 31.1 Å². The third kappa shape index (κ3) is 4.61. The first-order valence-electron chi connectivity index (χ1n) is 10.5. The van der Waals surface area contributed by atoms with E-state index in [1.807, 2.05) is 30.3 Å². The van der Waals surface area contributed by atoms with E-state index in [1.54, 1.807) is 12.1 Å². The van der Waals surface area contributed by atoms with Gasteiger partial charge in [0.2, 0.25) is 0 Å². The summed E-state index contributed by atoms with van der Waals surface area (Å²) in [4.78, 5) is 4.77. The molecule has 3 aromatic carbocycles. The highest BCUT2D eigenvalue weighted by atomic mass is 35.5. The van der Waals surface area contributed by atoms with Crippen LogP contribution in [0.2, 0.25) is 10.0 Å². The minimum atomic E-state index is 0.518. The molecule has 2 heterocycles. The minimum Gasteiger partial charge on any atom is -0.354 e. The van der Waals surface area contributed by atoms with Gasteiger partial charge in [0.25, 0.3) is 0 Å². The fourth-order valence-electron chi connectivity index (χ4n) is 3.94. The maximum absolute atomic E-state index is 6.08. The first-order valence-corrected chi connectivity index (χ1v) is 11.3. The molecule has 32 heavy (non-hydrogen) atoms. The SMILES string of the molecule is Clc1ccc(C#Cc2cccc(CN3CCN(c4noc5ccccc45)CC3)c2)cc1Cl. The zero-order chi connectivity index (χ0) is 21.9. The van der Waals surface area contributed by atoms with Gasteiger partial charge in [-0.2, -0.15) is 0 Å². The maximum atomic E-state index is 6.08. The molecule has 1 fully saturated rings. The van der Waals surface area contributed by atoms with E-state index in [1.165, 1.54) is 5.56 Å². The smallest absolute Gasteiger partial charge is 0.180 e. The summed E-state index contributed by atoms with van der Waals surface area (Å²) < 4.78 is 5.47. The van der Waals surface area contributed by atoms with Gasteiger partial charge in [0.15, 0.2) is 11.4 Å². The maximum Gasteiger partial charge on any atom is 0.180 e. The largest absolute Gasteiger partial charge is 0.354 e. The number of piperazine rings is 1. The first kappa shape index (κ1) is 20.9. The Labute approximate surface area is 197 Å². The van der Waals surface area contributed by atoms with Crippen LogP contribution in [0.15, 0.2) is 71.3 Å². The molecule has 0 bridgehead atoms. The lowest BCUT2D eigenvalue weighted by Gasteiger charge is -2.34. The van der Waals surface area contributed by atoms with Crippen LogP contribution in [0.3, 0.4) is 0 Å². The van der Waals surface area contributed by atoms with Gasteiger partial charge in [-0.3, -0.25) is 4.90 Å². The van der Waals surface area contributed by atoms with Gasteiger partial charge in [-0.25, -0.2) is 0 Å². The summed E-state index contributed by atoms with van der Waals surface area (Å²) in [6, 6.07) is 21.9. The standard InChI is InChI=1S/C26H21Cl2N3O/c27-23-11-10-20(17-24(23)28)9-8-19-4-3-5-21(16-19)18-30-12-14-31(15-13-30)26-22-6-1-2-7-25(22)32-29-26/h1-7,10-11,16-17H,12-15,18H2. The fraction of sp³-hybridized carbons (Fsp3) is 0.192. The lowest BCUT2D eigenvalue weighted by atomic mass is 10.1. The molecule has 0 spiro atoms. The quantitative estimate of drug-likeness (QED) is 0.357. The summed E-state index contributed by atoms with van der Waals surface area (Å²) in [5, 5.41) is 6.43. The molecule has 4 nitrogen and oxygen atoms in total. The van der Waals surface area contributed by atoms with E-state index in [9.17, 15) is 0 Å². The van der Waals surface area contributed by atoms with Crippen LogP contribution < -0.4 is 4.90 Å². The highest BCUT2D eigenvalue weighted by molar-refractivity contribution is 6.42. The van der Waals surface area contributed by atoms with E-state index in [4.69, 9.17) is 27.7 Å². The van der Waals surface area contributed by atoms with E-state index in [2.05, 4.69) is 51.1 Å². The molecule has 1 aliphatic rings. The number of anilines is 1. The van der Waals surface area contributed by atoms with E-state index in [0.29, 0.717) is 10.0 Å². The van der Waals surface area contributed by atoms with Gasteiger partial charge in [-0.05, 0) is 48.0 Å². The molecule has 0 saturated carbocycles. The number of hydrogen-bond acceptors (Lipinski definition) is 4. The summed E-state index contributed by atoms with van der Waals surface area (Å²) in [5.41, 5.74) is 3.93. The Bertz CT molecular complexity index is 1310. The van der Waals surface area contributed by atoms with Crippen LogP contribution in [-0.4, -0.2) is 36.2 Å². The van der Waals surface area contributed by atoms with Crippen LogP contribution in [0.25, 0.3) is 11.0 Å². The van der Waals surface area contributed by atoms with E-state index in [0.717, 1.165) is 60.6 Å². The average Bonchev–Trinajstić information content (AvgIpc) is 3.25. The number of hydrogen-bond donors (Lipinski definition) is 0. The number of benzene rings is 3. The predicted molar refractivity (Wildman–Crippen MR) is 130 cm³/mol. The second-order valence-electron chi connectivity index (χ2n) is 7.84. The molecule has 0 radical (unpaired) electrons. The monoisotopic (exact) mass is 461 g/mol. The van der Waals surface area contributed by atoms with Crippen LogP contribution in [0.4, 0.5) is 5.82 Å². The number of nitrogens with zero attached hydrogens (tertiary/aromatic N) is 3. The number of fused-ring (bicyclic) bond motifs is 1. The Hall–Kier alpha value is -2.97. The van der Waals surface area contributed by atoms with Gasteiger partial charge in [0.05, 0.1) is 15.4 Å². The van der Waals surface area contributed by atoms with Gasteiger partial charge in [-0.1, -0.05) is 64.5 Å². The lowest BCUT2D eigenvalue weighted by molar-refractivity contribution is 0.248. The molecule has 0 unspecified atom stereocenters. The summed E-state index contributed by atoms with van der Waals surface area (Å²) in [5.74, 6) is 7.34. The summed E-state index contributed by atoms with van der Waals surface area (Å²) in [7, 11) is 0. The highest BCUT2D eigenvalue weighted by Gasteiger charge is 2.21. The van der Waals surface area contributed by atoms with Crippen LogP contribution in [0.5, 0.6) is 0 Å². The van der Waals surface area contributed by atoms with E-state index < -0.39 is 0 Å². The molecule has 0 atom stereocenters. The predicted octanol–water partition coefficient (Wildman–Crippen LogP) is 5.86. The van der Waals surface area contributed by atoms with Gasteiger partial charge in [0.1, 0.15) is 0 Å². The molecule has 1 aromatic heterocycles. The summed E-state index contributed by atoms with van der Waals surface area (Å²) >= 11 is 12.1. The van der Waals surface area contributed by atoms with Crippen LogP contribution in [0, 0.1) is 11.8 Å². The lowest BCUT2D eigenvalue weighted by Crippen LogP contribution is -2.46. The molecule has 160 valence electrons. The molecule has 1 aliphatic heterocycles. The Balaban J connectivity index is 1.22. The van der Waals surface area contributed by atoms with Gasteiger partial charge >= 0.3 is 0 Å². The van der Waals surface area contributed by atoms with Gasteiger partial charge in [0, 0.05) is 43.9 Å². The Morgan fingerprint density at radius 3 is 2.41 bits per heavy atom. The molecular formula is C26H21Cl2N3O. The first-order chi connectivity index (χ1) is 15.7. The summed E-state index contributed by atoms with van der Waals surface area (Å²) in [6.07, 6.45) is 0. The number of halogens is 2. The zero-order valence-corrected chi connectivity index (χ0v) is 18.9. The van der Waals surface area contributed by atoms with Gasteiger partial charge in [-0.15, -0.1) is 0 Å². The van der Waals surface area contributed by atoms with Crippen molar-refractivity contribution in [2.24, 2.45) is 0 Å². The molecule has 6 heteroatoms. The zero-order valence-electron chi connectivity index (χ0n) is 17.4. The second-order valence-corrected chi connectivity index (χ2v) is 8.66. The van der Waals surface area contributed by atoms with Crippen molar-refractivity contribution in [3.8, 4) is 11.8 Å². The number of para-hydroxylation sites is 1.